The van der Waals surface area contributed by atoms with Crippen LogP contribution in [0.25, 0.3) is 0 Å². The number of nitrogens with zero attached hydrogens (tertiary/aromatic N) is 2. The lowest BCUT2D eigenvalue weighted by Gasteiger charge is -2.30. The van der Waals surface area contributed by atoms with Gasteiger partial charge in [0, 0.05) is 31.9 Å². The average molecular weight is 275 g/mol. The molecular weight excluding hydrogens is 250 g/mol. The van der Waals surface area contributed by atoms with Crippen LogP contribution in [0.2, 0.25) is 0 Å². The first-order valence-electron chi connectivity index (χ1n) is 7.43. The zero-order valence-electron chi connectivity index (χ0n) is 12.7. The van der Waals surface area contributed by atoms with Gasteiger partial charge in [-0.1, -0.05) is 19.1 Å². The Morgan fingerprint density at radius 3 is 2.80 bits per heavy atom. The molecule has 1 amide bonds. The fourth-order valence-electron chi connectivity index (χ4n) is 2.90. The number of likely N-dealkylation sites (N-methyl/N-ethyl adjacent to an activating group) is 1. The number of anilines is 1. The molecule has 0 aliphatic carbocycles. The van der Waals surface area contributed by atoms with Gasteiger partial charge in [0.25, 0.3) is 5.91 Å². The highest BCUT2D eigenvalue weighted by atomic mass is 16.2. The van der Waals surface area contributed by atoms with Gasteiger partial charge in [-0.15, -0.1) is 0 Å². The van der Waals surface area contributed by atoms with Crippen molar-refractivity contribution in [2.45, 2.75) is 25.8 Å². The molecule has 0 saturated carbocycles. The summed E-state index contributed by atoms with van der Waals surface area (Å²) >= 11 is 0. The Labute approximate surface area is 121 Å². The first-order chi connectivity index (χ1) is 9.67. The van der Waals surface area contributed by atoms with E-state index in [1.165, 1.54) is 0 Å². The minimum absolute atomic E-state index is 0.150. The Balaban J connectivity index is 2.25. The first-order valence-corrected chi connectivity index (χ1v) is 7.43. The van der Waals surface area contributed by atoms with Gasteiger partial charge in [0.15, 0.2) is 0 Å². The van der Waals surface area contributed by atoms with Crippen molar-refractivity contribution in [3.8, 4) is 0 Å². The smallest absolute Gasteiger partial charge is 0.256 e. The number of nitrogens with one attached hydrogen (secondary N) is 1. The molecule has 20 heavy (non-hydrogen) atoms. The molecular formula is C16H25N3O. The van der Waals surface area contributed by atoms with E-state index < -0.39 is 0 Å². The van der Waals surface area contributed by atoms with Gasteiger partial charge in [-0.3, -0.25) is 4.79 Å². The van der Waals surface area contributed by atoms with Crippen molar-refractivity contribution in [2.24, 2.45) is 0 Å². The zero-order valence-corrected chi connectivity index (χ0v) is 12.7. The molecule has 1 aromatic rings. The number of carbonyl (C=O) groups is 1. The molecule has 2 rings (SSSR count). The number of hydrogen-bond acceptors (Lipinski definition) is 3. The Morgan fingerprint density at radius 2 is 2.10 bits per heavy atom. The predicted molar refractivity (Wildman–Crippen MR) is 83.2 cm³/mol. The highest BCUT2D eigenvalue weighted by Gasteiger charge is 2.27. The fraction of sp³-hybridized carbons (Fsp3) is 0.562. The summed E-state index contributed by atoms with van der Waals surface area (Å²) in [6.07, 6.45) is 2.04. The van der Waals surface area contributed by atoms with Gasteiger partial charge in [-0.05, 0) is 38.6 Å². The van der Waals surface area contributed by atoms with Gasteiger partial charge >= 0.3 is 0 Å². The second-order valence-electron chi connectivity index (χ2n) is 5.47. The largest absolute Gasteiger partial charge is 0.387 e. The number of amides is 1. The zero-order chi connectivity index (χ0) is 14.5. The Hall–Kier alpha value is -1.55. The minimum Gasteiger partial charge on any atom is -0.387 e. The number of hydrogen-bond donors (Lipinski definition) is 1. The summed E-state index contributed by atoms with van der Waals surface area (Å²) in [6, 6.07) is 8.06. The van der Waals surface area contributed by atoms with E-state index in [1.54, 1.807) is 0 Å². The molecule has 1 aliphatic rings. The molecule has 1 fully saturated rings. The topological polar surface area (TPSA) is 35.6 Å². The third-order valence-corrected chi connectivity index (χ3v) is 4.06. The highest BCUT2D eigenvalue weighted by molar-refractivity contribution is 5.99. The molecule has 0 radical (unpaired) electrons. The average Bonchev–Trinajstić information content (AvgIpc) is 2.67. The van der Waals surface area contributed by atoms with Gasteiger partial charge in [0.2, 0.25) is 0 Å². The third kappa shape index (κ3) is 3.12. The maximum Gasteiger partial charge on any atom is 0.256 e. The first kappa shape index (κ1) is 14.9. The van der Waals surface area contributed by atoms with Crippen molar-refractivity contribution < 1.29 is 4.79 Å². The molecule has 1 unspecified atom stereocenters. The van der Waals surface area contributed by atoms with Crippen LogP contribution in [0.1, 0.15) is 30.1 Å². The van der Waals surface area contributed by atoms with E-state index >= 15 is 0 Å². The minimum atomic E-state index is 0.150. The quantitative estimate of drug-likeness (QED) is 0.919. The van der Waals surface area contributed by atoms with Crippen LogP contribution in [0.4, 0.5) is 5.69 Å². The van der Waals surface area contributed by atoms with E-state index in [0.29, 0.717) is 6.04 Å². The molecule has 0 bridgehead atoms. The lowest BCUT2D eigenvalue weighted by Crippen LogP contribution is -2.43. The standard InChI is InChI=1S/C16H25N3O/c1-4-13-12-18(3)10-7-11-19(13)16(20)14-8-5-6-9-15(14)17-2/h5-6,8-9,13,17H,4,7,10-12H2,1-3H3. The predicted octanol–water partition coefficient (Wildman–Crippen LogP) is 2.28. The van der Waals surface area contributed by atoms with Gasteiger partial charge < -0.3 is 15.1 Å². The summed E-state index contributed by atoms with van der Waals surface area (Å²) in [5.41, 5.74) is 1.68. The fourth-order valence-corrected chi connectivity index (χ4v) is 2.90. The van der Waals surface area contributed by atoms with Crippen LogP contribution in [-0.2, 0) is 0 Å². The molecule has 0 aromatic heterocycles. The molecule has 110 valence electrons. The Morgan fingerprint density at radius 1 is 1.35 bits per heavy atom. The second-order valence-corrected chi connectivity index (χ2v) is 5.47. The third-order valence-electron chi connectivity index (χ3n) is 4.06. The van der Waals surface area contributed by atoms with Crippen LogP contribution < -0.4 is 5.32 Å². The number of carbonyl (C=O) groups excluding carboxylic acids is 1. The number of benzene rings is 1. The number of rotatable bonds is 3. The van der Waals surface area contributed by atoms with E-state index in [-0.39, 0.29) is 5.91 Å². The maximum absolute atomic E-state index is 12.9. The monoisotopic (exact) mass is 275 g/mol. The van der Waals surface area contributed by atoms with Crippen molar-refractivity contribution in [3.63, 3.8) is 0 Å². The summed E-state index contributed by atoms with van der Waals surface area (Å²) in [4.78, 5) is 17.3. The molecule has 1 atom stereocenters. The summed E-state index contributed by atoms with van der Waals surface area (Å²) < 4.78 is 0. The second kappa shape index (κ2) is 6.75. The van der Waals surface area contributed by atoms with Gasteiger partial charge in [-0.25, -0.2) is 0 Å². The van der Waals surface area contributed by atoms with Crippen LogP contribution in [0.5, 0.6) is 0 Å². The van der Waals surface area contributed by atoms with Crippen LogP contribution in [0.3, 0.4) is 0 Å². The molecule has 1 saturated heterocycles. The van der Waals surface area contributed by atoms with Crippen molar-refractivity contribution in [1.29, 1.82) is 0 Å². The van der Waals surface area contributed by atoms with E-state index in [1.807, 2.05) is 31.3 Å². The van der Waals surface area contributed by atoms with Crippen molar-refractivity contribution >= 4 is 11.6 Å². The summed E-state index contributed by atoms with van der Waals surface area (Å²) in [5, 5.41) is 3.11. The number of para-hydroxylation sites is 1. The lowest BCUT2D eigenvalue weighted by molar-refractivity contribution is 0.0676. The molecule has 0 spiro atoms. The summed E-state index contributed by atoms with van der Waals surface area (Å²) in [6.45, 7) is 5.03. The lowest BCUT2D eigenvalue weighted by atomic mass is 10.1. The van der Waals surface area contributed by atoms with E-state index in [4.69, 9.17) is 0 Å². The highest BCUT2D eigenvalue weighted by Crippen LogP contribution is 2.20. The van der Waals surface area contributed by atoms with E-state index in [9.17, 15) is 4.79 Å². The van der Waals surface area contributed by atoms with Gasteiger partial charge in [0.1, 0.15) is 0 Å². The van der Waals surface area contributed by atoms with Crippen LogP contribution in [0, 0.1) is 0 Å². The molecule has 4 heteroatoms. The molecule has 1 N–H and O–H groups in total. The molecule has 1 heterocycles. The maximum atomic E-state index is 12.9. The summed E-state index contributed by atoms with van der Waals surface area (Å²) in [7, 11) is 4.00. The van der Waals surface area contributed by atoms with Crippen LogP contribution in [0.15, 0.2) is 24.3 Å². The Bertz CT molecular complexity index is 461. The Kier molecular flexibility index (Phi) is 5.01. The molecule has 1 aromatic carbocycles. The molecule has 4 nitrogen and oxygen atoms in total. The van der Waals surface area contributed by atoms with Crippen molar-refractivity contribution in [1.82, 2.24) is 9.80 Å². The van der Waals surface area contributed by atoms with Crippen molar-refractivity contribution in [3.05, 3.63) is 29.8 Å². The van der Waals surface area contributed by atoms with E-state index in [0.717, 1.165) is 43.7 Å². The molecule has 1 aliphatic heterocycles. The van der Waals surface area contributed by atoms with Gasteiger partial charge in [0.05, 0.1) is 5.56 Å². The summed E-state index contributed by atoms with van der Waals surface area (Å²) in [5.74, 6) is 0.150. The van der Waals surface area contributed by atoms with Gasteiger partial charge in [-0.2, -0.15) is 0 Å². The van der Waals surface area contributed by atoms with Crippen LogP contribution in [-0.4, -0.2) is 55.5 Å². The van der Waals surface area contributed by atoms with E-state index in [2.05, 4.69) is 29.1 Å². The van der Waals surface area contributed by atoms with Crippen molar-refractivity contribution in [2.75, 3.05) is 39.0 Å². The van der Waals surface area contributed by atoms with Crippen LogP contribution >= 0.6 is 0 Å². The SMILES string of the molecule is CCC1CN(C)CCCN1C(=O)c1ccccc1NC. The normalized spacial score (nSPS) is 20.6.